The van der Waals surface area contributed by atoms with Crippen molar-refractivity contribution in [1.29, 1.82) is 0 Å². The first kappa shape index (κ1) is 21.0. The predicted molar refractivity (Wildman–Crippen MR) is 124 cm³/mol. The van der Waals surface area contributed by atoms with E-state index in [9.17, 15) is 14.4 Å². The Kier molecular flexibility index (Phi) is 4.67. The van der Waals surface area contributed by atoms with Crippen LogP contribution in [0.3, 0.4) is 0 Å². The molecule has 1 amide bonds. The maximum absolute atomic E-state index is 14.0. The number of nitrogens with zero attached hydrogens (tertiary/aromatic N) is 2. The van der Waals surface area contributed by atoms with Crippen LogP contribution in [-0.2, 0) is 24.5 Å². The van der Waals surface area contributed by atoms with Crippen molar-refractivity contribution in [2.75, 3.05) is 24.0 Å². The second kappa shape index (κ2) is 7.33. The first-order valence-electron chi connectivity index (χ1n) is 10.9. The minimum atomic E-state index is -1.63. The van der Waals surface area contributed by atoms with Gasteiger partial charge in [-0.25, -0.2) is 4.79 Å². The summed E-state index contributed by atoms with van der Waals surface area (Å²) in [6, 6.07) is 14.9. The van der Waals surface area contributed by atoms with Crippen LogP contribution in [0.1, 0.15) is 30.4 Å². The number of methoxy groups -OCH3 is 1. The summed E-state index contributed by atoms with van der Waals surface area (Å²) >= 11 is 0. The smallest absolute Gasteiger partial charge is 0.339 e. The Morgan fingerprint density at radius 2 is 1.85 bits per heavy atom. The summed E-state index contributed by atoms with van der Waals surface area (Å²) < 4.78 is 5.16. The van der Waals surface area contributed by atoms with Gasteiger partial charge < -0.3 is 15.4 Å². The number of aryl methyl sites for hydroxylation is 1. The lowest BCUT2D eigenvalue weighted by Crippen LogP contribution is -2.54. The highest BCUT2D eigenvalue weighted by atomic mass is 16.5. The van der Waals surface area contributed by atoms with Crippen molar-refractivity contribution in [3.8, 4) is 0 Å². The summed E-state index contributed by atoms with van der Waals surface area (Å²) in [5.41, 5.74) is 9.05. The molecule has 1 aliphatic carbocycles. The van der Waals surface area contributed by atoms with Gasteiger partial charge in [-0.05, 0) is 43.5 Å². The van der Waals surface area contributed by atoms with Gasteiger partial charge in [0.05, 0.1) is 7.11 Å². The molecule has 33 heavy (non-hydrogen) atoms. The number of anilines is 2. The highest BCUT2D eigenvalue weighted by Gasteiger charge is 2.63. The van der Waals surface area contributed by atoms with Crippen molar-refractivity contribution in [1.82, 2.24) is 0 Å². The number of amides is 1. The summed E-state index contributed by atoms with van der Waals surface area (Å²) in [7, 11) is 2.91. The van der Waals surface area contributed by atoms with Crippen molar-refractivity contribution in [2.45, 2.75) is 31.6 Å². The van der Waals surface area contributed by atoms with Crippen LogP contribution in [0.5, 0.6) is 0 Å². The molecule has 168 valence electrons. The van der Waals surface area contributed by atoms with E-state index < -0.39 is 11.4 Å². The fraction of sp³-hybridized carbons (Fsp3) is 0.269. The van der Waals surface area contributed by atoms with Crippen LogP contribution in [0.4, 0.5) is 11.4 Å². The highest BCUT2D eigenvalue weighted by molar-refractivity contribution is 6.24. The molecule has 2 heterocycles. The molecule has 0 saturated carbocycles. The molecule has 2 N–H and O–H groups in total. The number of ketones is 1. The van der Waals surface area contributed by atoms with E-state index >= 15 is 0 Å². The molecule has 0 radical (unpaired) electrons. The van der Waals surface area contributed by atoms with Crippen LogP contribution in [-0.4, -0.2) is 31.8 Å². The van der Waals surface area contributed by atoms with Crippen molar-refractivity contribution in [3.05, 3.63) is 82.3 Å². The normalized spacial score (nSPS) is 22.2. The Labute approximate surface area is 192 Å². The third-order valence-electron chi connectivity index (χ3n) is 6.85. The fourth-order valence-electron chi connectivity index (χ4n) is 5.52. The minimum absolute atomic E-state index is 0.0118. The standard InChI is InChI=1S/C26H25N3O4/c1-15-8-6-9-16(14-15)29-19-12-7-13-20(30)21(19)26(22(23(29)27)24(31)33-3)17-10-4-5-11-18(17)28(2)25(26)32/h4-6,8-11,14H,7,12-13,27H2,1-3H3. The molecule has 7 heteroatoms. The van der Waals surface area contributed by atoms with Crippen molar-refractivity contribution in [2.24, 2.45) is 5.73 Å². The van der Waals surface area contributed by atoms with Gasteiger partial charge in [0.2, 0.25) is 5.91 Å². The SMILES string of the molecule is COC(=O)C1=C(N)N(c2cccc(C)c2)C2=C(C(=O)CCC2)C12C(=O)N(C)c1ccccc12. The van der Waals surface area contributed by atoms with Gasteiger partial charge in [-0.2, -0.15) is 0 Å². The summed E-state index contributed by atoms with van der Waals surface area (Å²) in [6.07, 6.45) is 1.50. The van der Waals surface area contributed by atoms with E-state index in [4.69, 9.17) is 10.5 Å². The maximum Gasteiger partial charge on any atom is 0.339 e. The van der Waals surface area contributed by atoms with Crippen LogP contribution >= 0.6 is 0 Å². The van der Waals surface area contributed by atoms with E-state index in [1.165, 1.54) is 12.0 Å². The van der Waals surface area contributed by atoms with E-state index in [0.717, 1.165) is 11.3 Å². The maximum atomic E-state index is 14.0. The monoisotopic (exact) mass is 443 g/mol. The number of ether oxygens (including phenoxy) is 1. The zero-order chi connectivity index (χ0) is 23.5. The van der Waals surface area contributed by atoms with E-state index in [-0.39, 0.29) is 23.1 Å². The Morgan fingerprint density at radius 3 is 2.58 bits per heavy atom. The van der Waals surface area contributed by atoms with Gasteiger partial charge in [-0.1, -0.05) is 30.3 Å². The molecule has 0 aromatic heterocycles. The molecule has 2 aromatic carbocycles. The number of rotatable bonds is 2. The topological polar surface area (TPSA) is 92.9 Å². The average molecular weight is 444 g/mol. The molecule has 2 aliphatic heterocycles. The molecule has 1 unspecified atom stereocenters. The quantitative estimate of drug-likeness (QED) is 0.717. The number of nitrogens with two attached hydrogens (primary N) is 1. The Balaban J connectivity index is 1.93. The van der Waals surface area contributed by atoms with Gasteiger partial charge in [-0.15, -0.1) is 0 Å². The van der Waals surface area contributed by atoms with Crippen molar-refractivity contribution >= 4 is 29.0 Å². The Hall–Kier alpha value is -3.87. The molecule has 3 aliphatic rings. The second-order valence-corrected chi connectivity index (χ2v) is 8.66. The molecule has 0 bridgehead atoms. The lowest BCUT2D eigenvalue weighted by atomic mass is 9.63. The summed E-state index contributed by atoms with van der Waals surface area (Å²) in [5, 5.41) is 0. The van der Waals surface area contributed by atoms with E-state index in [1.807, 2.05) is 43.3 Å². The number of carbonyl (C=O) groups excluding carboxylic acids is 3. The number of para-hydroxylation sites is 1. The number of esters is 1. The third-order valence-corrected chi connectivity index (χ3v) is 6.85. The highest BCUT2D eigenvalue weighted by Crippen LogP contribution is 2.56. The first-order valence-corrected chi connectivity index (χ1v) is 10.9. The zero-order valence-corrected chi connectivity index (χ0v) is 18.8. The van der Waals surface area contributed by atoms with Crippen molar-refractivity contribution < 1.29 is 19.1 Å². The lowest BCUT2D eigenvalue weighted by Gasteiger charge is -2.44. The number of benzene rings is 2. The molecular formula is C26H25N3O4. The van der Waals surface area contributed by atoms with Gasteiger partial charge in [-0.3, -0.25) is 14.5 Å². The fourth-order valence-corrected chi connectivity index (χ4v) is 5.52. The molecular weight excluding hydrogens is 418 g/mol. The molecule has 5 rings (SSSR count). The number of likely N-dealkylation sites (N-methyl/N-ethyl adjacent to an activating group) is 1. The summed E-state index contributed by atoms with van der Waals surface area (Å²) in [5.74, 6) is -1.15. The van der Waals surface area contributed by atoms with Gasteiger partial charge in [0, 0.05) is 41.7 Å². The molecule has 7 nitrogen and oxygen atoms in total. The molecule has 2 aromatic rings. The van der Waals surface area contributed by atoms with E-state index in [0.29, 0.717) is 41.8 Å². The summed E-state index contributed by atoms with van der Waals surface area (Å²) in [4.78, 5) is 44.2. The van der Waals surface area contributed by atoms with Crippen molar-refractivity contribution in [3.63, 3.8) is 0 Å². The second-order valence-electron chi connectivity index (χ2n) is 8.66. The average Bonchev–Trinajstić information content (AvgIpc) is 3.02. The largest absolute Gasteiger partial charge is 0.466 e. The first-order chi connectivity index (χ1) is 15.8. The summed E-state index contributed by atoms with van der Waals surface area (Å²) in [6.45, 7) is 1.96. The van der Waals surface area contributed by atoms with Gasteiger partial charge in [0.15, 0.2) is 5.78 Å². The Morgan fingerprint density at radius 1 is 1.09 bits per heavy atom. The zero-order valence-electron chi connectivity index (χ0n) is 18.8. The minimum Gasteiger partial charge on any atom is -0.466 e. The molecule has 1 spiro atoms. The van der Waals surface area contributed by atoms with Gasteiger partial charge in [0.1, 0.15) is 16.8 Å². The Bertz CT molecular complexity index is 1290. The number of fused-ring (bicyclic) bond motifs is 3. The van der Waals surface area contributed by atoms with E-state index in [1.54, 1.807) is 24.1 Å². The van der Waals surface area contributed by atoms with E-state index in [2.05, 4.69) is 0 Å². The van der Waals surface area contributed by atoms with Crippen LogP contribution in [0.2, 0.25) is 0 Å². The van der Waals surface area contributed by atoms with Crippen LogP contribution in [0.25, 0.3) is 0 Å². The molecule has 0 fully saturated rings. The number of hydrogen-bond acceptors (Lipinski definition) is 6. The van der Waals surface area contributed by atoms with Gasteiger partial charge >= 0.3 is 5.97 Å². The number of Topliss-reactive ketones (excluding diaryl/α,β-unsaturated/α-hetero) is 1. The predicted octanol–water partition coefficient (Wildman–Crippen LogP) is 3.08. The van der Waals surface area contributed by atoms with Gasteiger partial charge in [0.25, 0.3) is 0 Å². The lowest BCUT2D eigenvalue weighted by molar-refractivity contribution is -0.138. The number of hydrogen-bond donors (Lipinski definition) is 1. The number of carbonyl (C=O) groups is 3. The van der Waals surface area contributed by atoms with Crippen LogP contribution in [0.15, 0.2) is 71.2 Å². The third kappa shape index (κ3) is 2.65. The van der Waals surface area contributed by atoms with Crippen LogP contribution in [0, 0.1) is 6.92 Å². The molecule has 1 atom stereocenters. The van der Waals surface area contributed by atoms with Crippen LogP contribution < -0.4 is 15.5 Å². The molecule has 0 saturated heterocycles. The number of allylic oxidation sites excluding steroid dienone is 1.